The number of hydrogen-bond acceptors (Lipinski definition) is 3. The lowest BCUT2D eigenvalue weighted by Crippen LogP contribution is -2.27. The summed E-state index contributed by atoms with van der Waals surface area (Å²) in [6.07, 6.45) is -5.77. The molecule has 2 aromatic rings. The predicted octanol–water partition coefficient (Wildman–Crippen LogP) is 1.94. The van der Waals surface area contributed by atoms with E-state index in [-0.39, 0.29) is 10.1 Å². The van der Waals surface area contributed by atoms with Crippen LogP contribution in [0.5, 0.6) is 0 Å². The van der Waals surface area contributed by atoms with Crippen LogP contribution in [0.4, 0.5) is 18.0 Å². The molecule has 0 fully saturated rings. The molecule has 1 N–H and O–H groups in total. The van der Waals surface area contributed by atoms with E-state index in [2.05, 4.69) is 4.98 Å². The summed E-state index contributed by atoms with van der Waals surface area (Å²) in [5, 5.41) is 7.91. The first-order chi connectivity index (χ1) is 8.32. The van der Waals surface area contributed by atoms with Crippen molar-refractivity contribution in [3.8, 4) is 0 Å². The molecule has 0 aliphatic heterocycles. The molecule has 0 saturated heterocycles. The molecule has 1 heterocycles. The minimum absolute atomic E-state index is 0.109. The van der Waals surface area contributed by atoms with Gasteiger partial charge in [0.25, 0.3) is 5.56 Å². The highest BCUT2D eigenvalue weighted by Crippen LogP contribution is 2.32. The molecule has 18 heavy (non-hydrogen) atoms. The first kappa shape index (κ1) is 12.1. The zero-order chi connectivity index (χ0) is 13.5. The molecule has 8 heteroatoms. The van der Waals surface area contributed by atoms with Crippen molar-refractivity contribution in [1.29, 1.82) is 0 Å². The quantitative estimate of drug-likeness (QED) is 0.783. The van der Waals surface area contributed by atoms with Crippen molar-refractivity contribution in [2.75, 3.05) is 0 Å². The Labute approximate surface area is 97.1 Å². The standard InChI is InChI=1S/C10H5F3N2O3/c11-10(12,13)5-2-1-3-6-7(5)8(16)15(4-14-6)9(17)18/h1-4H,(H,17,18). The number of aromatic nitrogens is 2. The smallest absolute Gasteiger partial charge is 0.419 e. The molecule has 0 aliphatic rings. The molecule has 1 aromatic heterocycles. The average molecular weight is 258 g/mol. The fourth-order valence-electron chi connectivity index (χ4n) is 1.54. The van der Waals surface area contributed by atoms with Gasteiger partial charge in [-0.1, -0.05) is 6.07 Å². The Hall–Kier alpha value is -2.38. The molecule has 94 valence electrons. The predicted molar refractivity (Wildman–Crippen MR) is 54.4 cm³/mol. The van der Waals surface area contributed by atoms with E-state index in [0.717, 1.165) is 6.07 Å². The molecule has 0 saturated carbocycles. The topological polar surface area (TPSA) is 72.2 Å². The Morgan fingerprint density at radius 2 is 2.00 bits per heavy atom. The number of hydrogen-bond donors (Lipinski definition) is 1. The van der Waals surface area contributed by atoms with Crippen LogP contribution in [0.2, 0.25) is 0 Å². The van der Waals surface area contributed by atoms with Crippen LogP contribution in [-0.4, -0.2) is 20.8 Å². The third-order valence-electron chi connectivity index (χ3n) is 2.30. The molecule has 2 rings (SSSR count). The van der Waals surface area contributed by atoms with Crippen LogP contribution in [0.3, 0.4) is 0 Å². The fourth-order valence-corrected chi connectivity index (χ4v) is 1.54. The number of nitrogens with zero attached hydrogens (tertiary/aromatic N) is 2. The van der Waals surface area contributed by atoms with Crippen LogP contribution in [0, 0.1) is 0 Å². The SMILES string of the molecule is O=C(O)n1cnc2cccc(C(F)(F)F)c2c1=O. The molecular formula is C10H5F3N2O3. The summed E-state index contributed by atoms with van der Waals surface area (Å²) in [5.41, 5.74) is -2.67. The van der Waals surface area contributed by atoms with Gasteiger partial charge in [-0.25, -0.2) is 14.3 Å². The maximum atomic E-state index is 12.7. The average Bonchev–Trinajstić information content (AvgIpc) is 2.27. The van der Waals surface area contributed by atoms with Gasteiger partial charge in [-0.15, -0.1) is 0 Å². The second kappa shape index (κ2) is 3.83. The van der Waals surface area contributed by atoms with Gasteiger partial charge < -0.3 is 5.11 Å². The largest absolute Gasteiger partial charge is 0.464 e. The summed E-state index contributed by atoms with van der Waals surface area (Å²) in [7, 11) is 0. The monoisotopic (exact) mass is 258 g/mol. The van der Waals surface area contributed by atoms with E-state index in [4.69, 9.17) is 5.11 Å². The lowest BCUT2D eigenvalue weighted by Gasteiger charge is -2.09. The summed E-state index contributed by atoms with van der Waals surface area (Å²) in [4.78, 5) is 25.9. The van der Waals surface area contributed by atoms with Crippen molar-refractivity contribution in [2.45, 2.75) is 6.18 Å². The fraction of sp³-hybridized carbons (Fsp3) is 0.100. The zero-order valence-electron chi connectivity index (χ0n) is 8.60. The summed E-state index contributed by atoms with van der Waals surface area (Å²) in [5.74, 6) is 0. The number of carboxylic acid groups (broad SMARTS) is 1. The summed E-state index contributed by atoms with van der Waals surface area (Å²) >= 11 is 0. The first-order valence-corrected chi connectivity index (χ1v) is 4.63. The Kier molecular flexibility index (Phi) is 2.57. The summed E-state index contributed by atoms with van der Waals surface area (Å²) in [6, 6.07) is 3.01. The van der Waals surface area contributed by atoms with Gasteiger partial charge >= 0.3 is 12.3 Å². The minimum Gasteiger partial charge on any atom is -0.464 e. The molecule has 5 nitrogen and oxygen atoms in total. The highest BCUT2D eigenvalue weighted by molar-refractivity contribution is 5.83. The van der Waals surface area contributed by atoms with Gasteiger partial charge in [0, 0.05) is 0 Å². The van der Waals surface area contributed by atoms with Crippen molar-refractivity contribution in [2.24, 2.45) is 0 Å². The second-order valence-electron chi connectivity index (χ2n) is 3.40. The Balaban J connectivity index is 2.95. The van der Waals surface area contributed by atoms with Crippen molar-refractivity contribution in [3.05, 3.63) is 40.4 Å². The van der Waals surface area contributed by atoms with Gasteiger partial charge in [0.05, 0.1) is 16.5 Å². The van der Waals surface area contributed by atoms with E-state index < -0.39 is 28.8 Å². The van der Waals surface area contributed by atoms with Crippen molar-refractivity contribution >= 4 is 17.0 Å². The van der Waals surface area contributed by atoms with E-state index in [0.29, 0.717) is 12.4 Å². The van der Waals surface area contributed by atoms with Crippen LogP contribution in [0.25, 0.3) is 10.9 Å². The van der Waals surface area contributed by atoms with Gasteiger partial charge in [-0.05, 0) is 12.1 Å². The summed E-state index contributed by atoms with van der Waals surface area (Å²) < 4.78 is 38.2. The number of fused-ring (bicyclic) bond motifs is 1. The van der Waals surface area contributed by atoms with Gasteiger partial charge in [0.1, 0.15) is 6.33 Å². The van der Waals surface area contributed by atoms with Crippen LogP contribution < -0.4 is 5.56 Å². The lowest BCUT2D eigenvalue weighted by molar-refractivity contribution is -0.136. The number of benzene rings is 1. The zero-order valence-corrected chi connectivity index (χ0v) is 8.60. The van der Waals surface area contributed by atoms with Crippen LogP contribution in [0.15, 0.2) is 29.3 Å². The number of rotatable bonds is 0. The molecule has 0 aliphatic carbocycles. The minimum atomic E-state index is -4.75. The van der Waals surface area contributed by atoms with Gasteiger partial charge in [-0.3, -0.25) is 4.79 Å². The van der Waals surface area contributed by atoms with E-state index in [1.807, 2.05) is 0 Å². The highest BCUT2D eigenvalue weighted by atomic mass is 19.4. The highest BCUT2D eigenvalue weighted by Gasteiger charge is 2.34. The van der Waals surface area contributed by atoms with Crippen molar-refractivity contribution < 1.29 is 23.1 Å². The van der Waals surface area contributed by atoms with E-state index in [1.54, 1.807) is 0 Å². The second-order valence-corrected chi connectivity index (χ2v) is 3.40. The Morgan fingerprint density at radius 1 is 1.33 bits per heavy atom. The normalized spacial score (nSPS) is 11.7. The molecule has 1 aromatic carbocycles. The van der Waals surface area contributed by atoms with Gasteiger partial charge in [0.2, 0.25) is 0 Å². The van der Waals surface area contributed by atoms with Crippen LogP contribution in [-0.2, 0) is 6.18 Å². The van der Waals surface area contributed by atoms with Crippen molar-refractivity contribution in [1.82, 2.24) is 9.55 Å². The number of alkyl halides is 3. The number of halogens is 3. The molecule has 0 unspecified atom stereocenters. The van der Waals surface area contributed by atoms with E-state index >= 15 is 0 Å². The van der Waals surface area contributed by atoms with Crippen LogP contribution in [0.1, 0.15) is 5.56 Å². The Bertz CT molecular complexity index is 691. The third-order valence-corrected chi connectivity index (χ3v) is 2.30. The first-order valence-electron chi connectivity index (χ1n) is 4.63. The summed E-state index contributed by atoms with van der Waals surface area (Å²) in [6.45, 7) is 0. The maximum absolute atomic E-state index is 12.7. The third kappa shape index (κ3) is 1.81. The molecule has 0 radical (unpaired) electrons. The molecule has 0 amide bonds. The molecule has 0 atom stereocenters. The van der Waals surface area contributed by atoms with Crippen molar-refractivity contribution in [3.63, 3.8) is 0 Å². The lowest BCUT2D eigenvalue weighted by atomic mass is 10.1. The van der Waals surface area contributed by atoms with E-state index in [1.165, 1.54) is 6.07 Å². The Morgan fingerprint density at radius 3 is 2.56 bits per heavy atom. The van der Waals surface area contributed by atoms with E-state index in [9.17, 15) is 22.8 Å². The molecule has 0 bridgehead atoms. The maximum Gasteiger partial charge on any atom is 0.419 e. The van der Waals surface area contributed by atoms with Crippen LogP contribution >= 0.6 is 0 Å². The molecular weight excluding hydrogens is 253 g/mol. The molecule has 0 spiro atoms. The number of carbonyl (C=O) groups is 1. The van der Waals surface area contributed by atoms with Gasteiger partial charge in [0.15, 0.2) is 0 Å². The van der Waals surface area contributed by atoms with Gasteiger partial charge in [-0.2, -0.15) is 13.2 Å².